The van der Waals surface area contributed by atoms with E-state index in [1.54, 1.807) is 27.4 Å². The summed E-state index contributed by atoms with van der Waals surface area (Å²) in [4.78, 5) is 87.4. The van der Waals surface area contributed by atoms with Gasteiger partial charge in [0.1, 0.15) is 38.0 Å². The van der Waals surface area contributed by atoms with Gasteiger partial charge in [0.2, 0.25) is 69.3 Å². The van der Waals surface area contributed by atoms with E-state index in [9.17, 15) is 0 Å². The number of nitrogens with zero attached hydrogens (tertiary/aromatic N) is 24. The maximum Gasteiger partial charge on any atom is 0.241 e. The summed E-state index contributed by atoms with van der Waals surface area (Å²) in [5.74, 6) is 1.71. The number of fused-ring (bicyclic) bond motifs is 12. The summed E-state index contributed by atoms with van der Waals surface area (Å²) < 4.78 is 10.1. The van der Waals surface area contributed by atoms with Crippen molar-refractivity contribution in [1.29, 1.82) is 0 Å². The van der Waals surface area contributed by atoms with Gasteiger partial charge in [0.05, 0.1) is 34.1 Å². The largest absolute Gasteiger partial charge is 0.246 e. The van der Waals surface area contributed by atoms with Crippen molar-refractivity contribution in [2.75, 3.05) is 0 Å². The Kier molecular flexibility index (Phi) is 12.1. The van der Waals surface area contributed by atoms with Gasteiger partial charge < -0.3 is 0 Å². The van der Waals surface area contributed by atoms with Crippen LogP contribution in [0.3, 0.4) is 0 Å². The Labute approximate surface area is 439 Å². The Balaban J connectivity index is 1.27. The van der Waals surface area contributed by atoms with Crippen LogP contribution in [0.4, 0.5) is 0 Å². The zero-order chi connectivity index (χ0) is 52.0. The van der Waals surface area contributed by atoms with Gasteiger partial charge in [0.25, 0.3) is 0 Å². The molecule has 0 aliphatic carbocycles. The van der Waals surface area contributed by atoms with Gasteiger partial charge in [0.15, 0.2) is 0 Å². The van der Waals surface area contributed by atoms with E-state index >= 15 is 0 Å². The zero-order valence-corrected chi connectivity index (χ0v) is 40.5. The second-order valence-corrected chi connectivity index (χ2v) is 16.5. The predicted molar refractivity (Wildman–Crippen MR) is 287 cm³/mol. The SMILES string of the molecule is c1ccc(-n2c3ncnc(n3)n(-c3ccccc3)c3ncnc(n3)n(-c3ccccc3)c3ncnc(n3)n(-c3ccccc3)c3ncnc(n3)n(-c3ccccc3)c3ncnc(n3)n(-c3ccccc3)c3ncnc2n3)cc1. The van der Waals surface area contributed by atoms with Gasteiger partial charge in [-0.3, -0.25) is 0 Å². The molecule has 13 rings (SSSR count). The minimum Gasteiger partial charge on any atom is -0.246 e. The number of para-hydroxylation sites is 6. The van der Waals surface area contributed by atoms with Gasteiger partial charge in [-0.1, -0.05) is 109 Å². The van der Waals surface area contributed by atoms with Gasteiger partial charge in [-0.05, 0) is 72.8 Å². The molecule has 7 heterocycles. The maximum absolute atomic E-state index is 5.11. The fraction of sp³-hybridized carbons (Fsp3) is 0. The number of rotatable bonds is 6. The third kappa shape index (κ3) is 9.06. The number of hydrogen-bond acceptors (Lipinski definition) is 18. The van der Waals surface area contributed by atoms with E-state index in [1.165, 1.54) is 38.0 Å². The summed E-state index contributed by atoms with van der Waals surface area (Å²) in [6.07, 6.45) is 8.38. The van der Waals surface area contributed by atoms with Crippen LogP contribution < -0.4 is 0 Å². The Morgan fingerprint density at radius 3 is 0.385 bits per heavy atom. The van der Waals surface area contributed by atoms with Crippen LogP contribution in [0, 0.1) is 0 Å². The van der Waals surface area contributed by atoms with Crippen LogP contribution in [0.15, 0.2) is 220 Å². The lowest BCUT2D eigenvalue weighted by Crippen LogP contribution is -2.11. The molecule has 0 saturated carbocycles. The summed E-state index contributed by atoms with van der Waals surface area (Å²) in [6, 6.07) is 56.7. The molecule has 7 aromatic heterocycles. The second-order valence-electron chi connectivity index (χ2n) is 16.5. The van der Waals surface area contributed by atoms with Gasteiger partial charge in [0, 0.05) is 0 Å². The molecular formula is C54H36N24. The predicted octanol–water partition coefficient (Wildman–Crippen LogP) is 7.52. The molecule has 0 aliphatic heterocycles. The van der Waals surface area contributed by atoms with E-state index in [-0.39, 0.29) is 69.3 Å². The Bertz CT molecular complexity index is 3710. The third-order valence-corrected chi connectivity index (χ3v) is 11.8. The highest BCUT2D eigenvalue weighted by atomic mass is 15.3. The molecule has 0 N–H and O–H groups in total. The molecule has 0 atom stereocenters. The van der Waals surface area contributed by atoms with Crippen LogP contribution in [-0.2, 0) is 0 Å². The number of benzene rings is 6. The van der Waals surface area contributed by atoms with Gasteiger partial charge in [-0.15, -0.1) is 0 Å². The highest BCUT2D eigenvalue weighted by Gasteiger charge is 2.16. The van der Waals surface area contributed by atoms with Crippen LogP contribution >= 0.6 is 0 Å². The van der Waals surface area contributed by atoms with E-state index in [0.717, 1.165) is 0 Å². The molecule has 0 aliphatic rings. The van der Waals surface area contributed by atoms with Crippen LogP contribution in [0.5, 0.6) is 0 Å². The van der Waals surface area contributed by atoms with Crippen LogP contribution in [-0.4, -0.2) is 117 Å². The fourth-order valence-corrected chi connectivity index (χ4v) is 8.35. The zero-order valence-electron chi connectivity index (χ0n) is 40.5. The molecular weight excluding hydrogens is 985 g/mol. The molecule has 0 fully saturated rings. The summed E-state index contributed by atoms with van der Waals surface area (Å²) in [5, 5.41) is 0. The molecule has 0 spiro atoms. The average Bonchev–Trinajstić information content (AvgIpc) is 3.51. The summed E-state index contributed by atoms with van der Waals surface area (Å²) in [6.45, 7) is 0. The number of hydrogen-bond donors (Lipinski definition) is 0. The molecule has 24 heteroatoms. The first-order chi connectivity index (χ1) is 38.7. The summed E-state index contributed by atoms with van der Waals surface area (Å²) in [5.41, 5.74) is 3.71. The quantitative estimate of drug-likeness (QED) is 0.156. The van der Waals surface area contributed by atoms with Crippen LogP contribution in [0.1, 0.15) is 0 Å². The Hall–Kier alpha value is -11.8. The maximum atomic E-state index is 5.11. The molecule has 0 saturated heterocycles. The minimum atomic E-state index is 0.142. The monoisotopic (exact) mass is 1020 g/mol. The standard InChI is InChI=1S/C54H36N24/c1-7-19-37(20-8-1)73-43-55-31-57-45(67-43)74(38-21-9-2-10-22-38)47-59-33-61-49(69-47)76(40-25-13-4-14-26-40)51-63-35-65-53(71-51)78(42-29-17-6-18-30-42)54-66-36-64-52(72-54)77(41-27-15-5-16-28-41)50-62-34-60-48(70-50)75(39-23-11-3-12-24-39)46-58-32-56-44(73)68-46/h1-36H. The highest BCUT2D eigenvalue weighted by Crippen LogP contribution is 2.20. The van der Waals surface area contributed by atoms with Crippen molar-refractivity contribution >= 4 is 69.3 Å². The summed E-state index contributed by atoms with van der Waals surface area (Å²) in [7, 11) is 0. The van der Waals surface area contributed by atoms with E-state index in [2.05, 4.69) is 0 Å². The first-order valence-corrected chi connectivity index (χ1v) is 24.0. The van der Waals surface area contributed by atoms with Crippen LogP contribution in [0.2, 0.25) is 0 Å². The van der Waals surface area contributed by atoms with Crippen molar-refractivity contribution in [1.82, 2.24) is 117 Å². The number of aromatic nitrogens is 24. The van der Waals surface area contributed by atoms with Gasteiger partial charge in [-0.2, -0.15) is 29.9 Å². The first-order valence-electron chi connectivity index (χ1n) is 24.0. The topological polar surface area (TPSA) is 262 Å². The lowest BCUT2D eigenvalue weighted by atomic mass is 10.3. The molecule has 13 aromatic rings. The smallest absolute Gasteiger partial charge is 0.241 e. The normalized spacial score (nSPS) is 11.1. The first kappa shape index (κ1) is 46.0. The van der Waals surface area contributed by atoms with Gasteiger partial charge >= 0.3 is 0 Å². The van der Waals surface area contributed by atoms with E-state index in [4.69, 9.17) is 89.7 Å². The third-order valence-electron chi connectivity index (χ3n) is 11.8. The van der Waals surface area contributed by atoms with Crippen molar-refractivity contribution in [3.8, 4) is 34.1 Å². The van der Waals surface area contributed by atoms with E-state index in [1.807, 2.05) is 182 Å². The molecule has 24 nitrogen and oxygen atoms in total. The van der Waals surface area contributed by atoms with Gasteiger partial charge in [-0.25, -0.2) is 87.2 Å². The molecule has 0 radical (unpaired) electrons. The second kappa shape index (κ2) is 20.6. The molecule has 0 amide bonds. The molecule has 12 bridgehead atoms. The minimum absolute atomic E-state index is 0.142. The van der Waals surface area contributed by atoms with Crippen LogP contribution in [0.25, 0.3) is 103 Å². The lowest BCUT2D eigenvalue weighted by Gasteiger charge is -2.12. The molecule has 372 valence electrons. The van der Waals surface area contributed by atoms with Crippen molar-refractivity contribution in [2.24, 2.45) is 0 Å². The Morgan fingerprint density at radius 1 is 0.154 bits per heavy atom. The van der Waals surface area contributed by atoms with Crippen molar-refractivity contribution in [3.63, 3.8) is 0 Å². The van der Waals surface area contributed by atoms with E-state index < -0.39 is 0 Å². The van der Waals surface area contributed by atoms with Crippen molar-refractivity contribution in [2.45, 2.75) is 0 Å². The Morgan fingerprint density at radius 2 is 0.269 bits per heavy atom. The van der Waals surface area contributed by atoms with Crippen molar-refractivity contribution in [3.05, 3.63) is 220 Å². The highest BCUT2D eigenvalue weighted by molar-refractivity contribution is 5.62. The average molecular weight is 1020 g/mol. The molecule has 0 unspecified atom stereocenters. The lowest BCUT2D eigenvalue weighted by molar-refractivity contribution is 0.909. The molecule has 78 heavy (non-hydrogen) atoms. The fourth-order valence-electron chi connectivity index (χ4n) is 8.35. The van der Waals surface area contributed by atoms with E-state index in [0.29, 0.717) is 34.1 Å². The summed E-state index contributed by atoms with van der Waals surface area (Å²) >= 11 is 0. The van der Waals surface area contributed by atoms with Crippen molar-refractivity contribution < 1.29 is 0 Å². The molecule has 6 aromatic carbocycles.